The van der Waals surface area contributed by atoms with Gasteiger partial charge in [-0.2, -0.15) is 0 Å². The lowest BCUT2D eigenvalue weighted by molar-refractivity contribution is 0.0757. The fourth-order valence-electron chi connectivity index (χ4n) is 3.80. The number of hydrogen-bond donors (Lipinski definition) is 2. The first kappa shape index (κ1) is 24.1. The lowest BCUT2D eigenvalue weighted by atomic mass is 9.89. The molecule has 1 aliphatic rings. The molecule has 2 N–H and O–H groups in total. The van der Waals surface area contributed by atoms with Crippen molar-refractivity contribution in [3.05, 3.63) is 64.7 Å². The van der Waals surface area contributed by atoms with Crippen LogP contribution in [0.3, 0.4) is 0 Å². The number of carbonyl (C=O) groups excluding carboxylic acids is 2. The molecule has 2 aromatic rings. The van der Waals surface area contributed by atoms with Crippen LogP contribution in [0.1, 0.15) is 54.9 Å². The van der Waals surface area contributed by atoms with Crippen LogP contribution in [0.5, 0.6) is 0 Å². The smallest absolute Gasteiger partial charge is 0.321 e. The molecule has 1 saturated heterocycles. The summed E-state index contributed by atoms with van der Waals surface area (Å²) in [7, 11) is 0. The van der Waals surface area contributed by atoms with Crippen LogP contribution in [0.25, 0.3) is 0 Å². The van der Waals surface area contributed by atoms with Gasteiger partial charge in [-0.1, -0.05) is 23.7 Å². The second-order valence-electron chi connectivity index (χ2n) is 8.38. The van der Waals surface area contributed by atoms with E-state index in [0.29, 0.717) is 36.8 Å². The zero-order chi connectivity index (χ0) is 22.9. The molecule has 0 spiro atoms. The van der Waals surface area contributed by atoms with E-state index < -0.39 is 0 Å². The van der Waals surface area contributed by atoms with Crippen LogP contribution in [0.4, 0.5) is 10.5 Å². The fourth-order valence-corrected chi connectivity index (χ4v) is 3.92. The number of carbonyl (C=O) groups is 2. The SMILES string of the molecule is CC(C)OCCCNC(=O)c1cccc(C2CCCN(C(=O)Nc3ccc(Cl)cc3)C2)c1. The van der Waals surface area contributed by atoms with E-state index in [4.69, 9.17) is 16.3 Å². The van der Waals surface area contributed by atoms with Gasteiger partial charge in [0, 0.05) is 48.4 Å². The largest absolute Gasteiger partial charge is 0.379 e. The number of halogens is 1. The second kappa shape index (κ2) is 11.9. The van der Waals surface area contributed by atoms with E-state index in [1.807, 2.05) is 43.0 Å². The van der Waals surface area contributed by atoms with Gasteiger partial charge >= 0.3 is 6.03 Å². The van der Waals surface area contributed by atoms with Crippen molar-refractivity contribution in [3.63, 3.8) is 0 Å². The molecule has 172 valence electrons. The highest BCUT2D eigenvalue weighted by molar-refractivity contribution is 6.30. The minimum Gasteiger partial charge on any atom is -0.379 e. The molecule has 0 radical (unpaired) electrons. The number of nitrogens with zero attached hydrogens (tertiary/aromatic N) is 1. The number of likely N-dealkylation sites (tertiary alicyclic amines) is 1. The van der Waals surface area contributed by atoms with Gasteiger partial charge in [-0.25, -0.2) is 4.79 Å². The molecule has 0 aromatic heterocycles. The van der Waals surface area contributed by atoms with Gasteiger partial charge in [0.1, 0.15) is 0 Å². The van der Waals surface area contributed by atoms with E-state index in [0.717, 1.165) is 30.5 Å². The molecule has 3 rings (SSSR count). The highest BCUT2D eigenvalue weighted by Gasteiger charge is 2.25. The van der Waals surface area contributed by atoms with Crippen molar-refractivity contribution in [2.75, 3.05) is 31.6 Å². The molecule has 32 heavy (non-hydrogen) atoms. The molecule has 0 saturated carbocycles. The standard InChI is InChI=1S/C25H32ClN3O3/c1-18(2)32-15-5-13-27-24(30)20-7-3-6-19(16-20)21-8-4-14-29(17-21)25(31)28-23-11-9-22(26)10-12-23/h3,6-7,9-12,16,18,21H,4-5,8,13-15,17H2,1-2H3,(H,27,30)(H,28,31). The minimum atomic E-state index is -0.116. The Labute approximate surface area is 195 Å². The van der Waals surface area contributed by atoms with Gasteiger partial charge < -0.3 is 20.3 Å². The summed E-state index contributed by atoms with van der Waals surface area (Å²) in [5.41, 5.74) is 2.46. The second-order valence-corrected chi connectivity index (χ2v) is 8.81. The summed E-state index contributed by atoms with van der Waals surface area (Å²) in [6.07, 6.45) is 2.89. The normalized spacial score (nSPS) is 16.1. The Kier molecular flexibility index (Phi) is 8.94. The summed E-state index contributed by atoms with van der Waals surface area (Å²) < 4.78 is 5.51. The Morgan fingerprint density at radius 3 is 2.72 bits per heavy atom. The molecule has 1 heterocycles. The minimum absolute atomic E-state index is 0.0791. The van der Waals surface area contributed by atoms with E-state index in [2.05, 4.69) is 10.6 Å². The number of ether oxygens (including phenoxy) is 1. The Bertz CT molecular complexity index is 902. The lowest BCUT2D eigenvalue weighted by Gasteiger charge is -2.33. The van der Waals surface area contributed by atoms with E-state index in [-0.39, 0.29) is 24.0 Å². The Morgan fingerprint density at radius 1 is 1.19 bits per heavy atom. The Morgan fingerprint density at radius 2 is 1.97 bits per heavy atom. The number of nitrogens with one attached hydrogen (secondary N) is 2. The van der Waals surface area contributed by atoms with Crippen molar-refractivity contribution in [2.24, 2.45) is 0 Å². The fraction of sp³-hybridized carbons (Fsp3) is 0.440. The first-order valence-corrected chi connectivity index (χ1v) is 11.6. The average Bonchev–Trinajstić information content (AvgIpc) is 2.80. The number of anilines is 1. The van der Waals surface area contributed by atoms with Crippen LogP contribution >= 0.6 is 11.6 Å². The third kappa shape index (κ3) is 7.24. The molecule has 6 nitrogen and oxygen atoms in total. The van der Waals surface area contributed by atoms with E-state index in [1.165, 1.54) is 0 Å². The molecule has 3 amide bonds. The maximum Gasteiger partial charge on any atom is 0.321 e. The maximum atomic E-state index is 12.7. The van der Waals surface area contributed by atoms with Gasteiger partial charge in [-0.05, 0) is 75.1 Å². The molecule has 1 aliphatic heterocycles. The van der Waals surface area contributed by atoms with Crippen LogP contribution in [-0.2, 0) is 4.74 Å². The highest BCUT2D eigenvalue weighted by Crippen LogP contribution is 2.28. The first-order chi connectivity index (χ1) is 15.4. The zero-order valence-electron chi connectivity index (χ0n) is 18.8. The van der Waals surface area contributed by atoms with Crippen LogP contribution in [0.15, 0.2) is 48.5 Å². The molecule has 1 fully saturated rings. The Hall–Kier alpha value is -2.57. The third-order valence-electron chi connectivity index (χ3n) is 5.48. The van der Waals surface area contributed by atoms with Crippen LogP contribution in [0, 0.1) is 0 Å². The molecular formula is C25H32ClN3O3. The number of piperidine rings is 1. The van der Waals surface area contributed by atoms with Crippen molar-refractivity contribution in [1.82, 2.24) is 10.2 Å². The van der Waals surface area contributed by atoms with Crippen LogP contribution in [0.2, 0.25) is 5.02 Å². The van der Waals surface area contributed by atoms with Gasteiger partial charge in [0.05, 0.1) is 6.10 Å². The van der Waals surface area contributed by atoms with Gasteiger partial charge in [0.15, 0.2) is 0 Å². The summed E-state index contributed by atoms with van der Waals surface area (Å²) in [4.78, 5) is 27.1. The number of rotatable bonds is 8. The van der Waals surface area contributed by atoms with Crippen molar-refractivity contribution in [3.8, 4) is 0 Å². The first-order valence-electron chi connectivity index (χ1n) is 11.2. The number of hydrogen-bond acceptors (Lipinski definition) is 3. The summed E-state index contributed by atoms with van der Waals surface area (Å²) >= 11 is 5.91. The third-order valence-corrected chi connectivity index (χ3v) is 5.73. The number of amides is 3. The number of benzene rings is 2. The monoisotopic (exact) mass is 457 g/mol. The van der Waals surface area contributed by atoms with Crippen molar-refractivity contribution < 1.29 is 14.3 Å². The highest BCUT2D eigenvalue weighted by atomic mass is 35.5. The van der Waals surface area contributed by atoms with Gasteiger partial charge in [-0.15, -0.1) is 0 Å². The predicted octanol–water partition coefficient (Wildman–Crippen LogP) is 5.30. The molecular weight excluding hydrogens is 426 g/mol. The van der Waals surface area contributed by atoms with Gasteiger partial charge in [0.25, 0.3) is 5.91 Å². The molecule has 1 atom stereocenters. The lowest BCUT2D eigenvalue weighted by Crippen LogP contribution is -2.41. The summed E-state index contributed by atoms with van der Waals surface area (Å²) in [6, 6.07) is 14.7. The molecule has 1 unspecified atom stereocenters. The van der Waals surface area contributed by atoms with Gasteiger partial charge in [-0.3, -0.25) is 4.79 Å². The van der Waals surface area contributed by atoms with Crippen LogP contribution in [-0.4, -0.2) is 49.2 Å². The van der Waals surface area contributed by atoms with E-state index in [9.17, 15) is 9.59 Å². The summed E-state index contributed by atoms with van der Waals surface area (Å²) in [6.45, 7) is 6.55. The quantitative estimate of drug-likeness (QED) is 0.528. The maximum absolute atomic E-state index is 12.7. The number of urea groups is 1. The predicted molar refractivity (Wildman–Crippen MR) is 128 cm³/mol. The molecule has 0 aliphatic carbocycles. The summed E-state index contributed by atoms with van der Waals surface area (Å²) in [5, 5.41) is 6.53. The zero-order valence-corrected chi connectivity index (χ0v) is 19.5. The summed E-state index contributed by atoms with van der Waals surface area (Å²) in [5.74, 6) is 0.122. The average molecular weight is 458 g/mol. The van der Waals surface area contributed by atoms with Crippen molar-refractivity contribution in [1.29, 1.82) is 0 Å². The van der Waals surface area contributed by atoms with Crippen LogP contribution < -0.4 is 10.6 Å². The van der Waals surface area contributed by atoms with Gasteiger partial charge in [0.2, 0.25) is 0 Å². The van der Waals surface area contributed by atoms with E-state index >= 15 is 0 Å². The molecule has 2 aromatic carbocycles. The Balaban J connectivity index is 1.55. The van der Waals surface area contributed by atoms with Crippen molar-refractivity contribution >= 4 is 29.2 Å². The molecule has 0 bridgehead atoms. The molecule has 7 heteroatoms. The van der Waals surface area contributed by atoms with E-state index in [1.54, 1.807) is 24.3 Å². The van der Waals surface area contributed by atoms with Crippen molar-refractivity contribution in [2.45, 2.75) is 45.1 Å². The topological polar surface area (TPSA) is 70.7 Å².